The zero-order valence-corrected chi connectivity index (χ0v) is 12.6. The minimum atomic E-state index is 0.523. The van der Waals surface area contributed by atoms with Crippen LogP contribution < -0.4 is 5.32 Å². The highest BCUT2D eigenvalue weighted by molar-refractivity contribution is 7.13. The van der Waals surface area contributed by atoms with E-state index < -0.39 is 0 Å². The fourth-order valence-corrected chi connectivity index (χ4v) is 2.73. The van der Waals surface area contributed by atoms with E-state index in [-0.39, 0.29) is 0 Å². The summed E-state index contributed by atoms with van der Waals surface area (Å²) in [5.41, 5.74) is 1.59. The molecule has 0 saturated heterocycles. The smallest absolute Gasteiger partial charge is 0.236 e. The molecule has 2 heterocycles. The second-order valence-corrected chi connectivity index (χ2v) is 5.89. The molecular weight excluding hydrogens is 315 g/mol. The number of rotatable bonds is 4. The summed E-state index contributed by atoms with van der Waals surface area (Å²) in [5.74, 6) is 0.633. The van der Waals surface area contributed by atoms with Crippen molar-refractivity contribution in [1.29, 1.82) is 0 Å². The average molecular weight is 325 g/mol. The van der Waals surface area contributed by atoms with Gasteiger partial charge in [0, 0.05) is 5.02 Å². The average Bonchev–Trinajstić information content (AvgIpc) is 3.09. The predicted molar refractivity (Wildman–Crippen MR) is 83.6 cm³/mol. The summed E-state index contributed by atoms with van der Waals surface area (Å²) in [6.45, 7) is 0.523. The van der Waals surface area contributed by atoms with Crippen LogP contribution in [0.4, 0.5) is 5.69 Å². The molecule has 102 valence electrons. The monoisotopic (exact) mass is 324 g/mol. The topological polar surface area (TPSA) is 38.1 Å². The highest BCUT2D eigenvalue weighted by Gasteiger charge is 2.08. The van der Waals surface area contributed by atoms with E-state index in [9.17, 15) is 0 Å². The molecule has 2 aromatic heterocycles. The quantitative estimate of drug-likeness (QED) is 0.705. The largest absolute Gasteiger partial charge is 0.443 e. The lowest BCUT2D eigenvalue weighted by Crippen LogP contribution is -2.00. The molecule has 0 aliphatic heterocycles. The number of thiophene rings is 1. The third-order valence-electron chi connectivity index (χ3n) is 2.67. The molecule has 0 aliphatic carbocycles. The molecule has 6 heteroatoms. The van der Waals surface area contributed by atoms with Gasteiger partial charge in [0.05, 0.1) is 27.8 Å². The van der Waals surface area contributed by atoms with Crippen molar-refractivity contribution in [3.8, 4) is 10.8 Å². The van der Waals surface area contributed by atoms with Crippen LogP contribution in [0.1, 0.15) is 5.69 Å². The van der Waals surface area contributed by atoms with E-state index in [4.69, 9.17) is 27.6 Å². The minimum absolute atomic E-state index is 0.523. The Balaban J connectivity index is 1.71. The first-order chi connectivity index (χ1) is 9.72. The molecule has 0 radical (unpaired) electrons. The van der Waals surface area contributed by atoms with Gasteiger partial charge >= 0.3 is 0 Å². The van der Waals surface area contributed by atoms with Crippen molar-refractivity contribution < 1.29 is 4.42 Å². The molecule has 0 atom stereocenters. The summed E-state index contributed by atoms with van der Waals surface area (Å²) in [4.78, 5) is 5.44. The molecule has 20 heavy (non-hydrogen) atoms. The van der Waals surface area contributed by atoms with Crippen molar-refractivity contribution in [3.63, 3.8) is 0 Å². The van der Waals surface area contributed by atoms with Crippen LogP contribution >= 0.6 is 34.5 Å². The maximum atomic E-state index is 6.09. The van der Waals surface area contributed by atoms with E-state index in [0.717, 1.165) is 16.3 Å². The molecule has 3 nitrogen and oxygen atoms in total. The molecule has 3 aromatic rings. The van der Waals surface area contributed by atoms with Crippen LogP contribution in [0.3, 0.4) is 0 Å². The van der Waals surface area contributed by atoms with Gasteiger partial charge in [-0.3, -0.25) is 0 Å². The minimum Gasteiger partial charge on any atom is -0.443 e. The highest BCUT2D eigenvalue weighted by Crippen LogP contribution is 2.27. The van der Waals surface area contributed by atoms with E-state index in [0.29, 0.717) is 22.5 Å². The van der Waals surface area contributed by atoms with Gasteiger partial charge in [-0.25, -0.2) is 4.98 Å². The van der Waals surface area contributed by atoms with Crippen molar-refractivity contribution >= 4 is 40.2 Å². The second kappa shape index (κ2) is 5.87. The number of nitrogens with zero attached hydrogens (tertiary/aromatic N) is 1. The van der Waals surface area contributed by atoms with Crippen molar-refractivity contribution in [2.45, 2.75) is 6.54 Å². The fraction of sp³-hybridized carbons (Fsp3) is 0.0714. The molecule has 0 aliphatic rings. The number of nitrogens with one attached hydrogen (secondary N) is 1. The number of anilines is 1. The molecule has 3 rings (SSSR count). The molecule has 1 aromatic carbocycles. The van der Waals surface area contributed by atoms with Crippen LogP contribution in [-0.4, -0.2) is 4.98 Å². The third-order valence-corrected chi connectivity index (χ3v) is 4.09. The van der Waals surface area contributed by atoms with Crippen molar-refractivity contribution in [2.75, 3.05) is 5.32 Å². The van der Waals surface area contributed by atoms with Gasteiger partial charge in [0.1, 0.15) is 6.26 Å². The Morgan fingerprint density at radius 3 is 2.95 bits per heavy atom. The number of hydrogen-bond donors (Lipinski definition) is 1. The maximum Gasteiger partial charge on any atom is 0.236 e. The van der Waals surface area contributed by atoms with Crippen LogP contribution in [0, 0.1) is 0 Å². The standard InChI is InChI=1S/C14H10Cl2N2OS/c15-9-3-4-11(16)12(6-9)17-7-10-8-19-14(18-10)13-2-1-5-20-13/h1-6,8,17H,7H2. The van der Waals surface area contributed by atoms with Gasteiger partial charge < -0.3 is 9.73 Å². The summed E-state index contributed by atoms with van der Waals surface area (Å²) in [6.07, 6.45) is 1.64. The lowest BCUT2D eigenvalue weighted by molar-refractivity contribution is 0.574. The van der Waals surface area contributed by atoms with Crippen LogP contribution in [0.15, 0.2) is 46.4 Å². The van der Waals surface area contributed by atoms with Crippen LogP contribution in [0.5, 0.6) is 0 Å². The van der Waals surface area contributed by atoms with Gasteiger partial charge in [0.15, 0.2) is 0 Å². The Morgan fingerprint density at radius 2 is 2.15 bits per heavy atom. The molecule has 0 spiro atoms. The van der Waals surface area contributed by atoms with Crippen molar-refractivity contribution in [2.24, 2.45) is 0 Å². The van der Waals surface area contributed by atoms with Crippen LogP contribution in [-0.2, 0) is 6.54 Å². The predicted octanol–water partition coefficient (Wildman–Crippen LogP) is 5.32. The summed E-state index contributed by atoms with van der Waals surface area (Å²) in [5, 5.41) is 6.44. The van der Waals surface area contributed by atoms with Gasteiger partial charge in [0.2, 0.25) is 5.89 Å². The summed E-state index contributed by atoms with van der Waals surface area (Å²) in [6, 6.07) is 9.23. The Kier molecular flexibility index (Phi) is 3.96. The second-order valence-electron chi connectivity index (χ2n) is 4.10. The van der Waals surface area contributed by atoms with E-state index >= 15 is 0 Å². The maximum absolute atomic E-state index is 6.09. The molecule has 0 bridgehead atoms. The van der Waals surface area contributed by atoms with Gasteiger partial charge in [-0.05, 0) is 29.6 Å². The number of aromatic nitrogens is 1. The Labute approximate surface area is 130 Å². The lowest BCUT2D eigenvalue weighted by Gasteiger charge is -2.06. The highest BCUT2D eigenvalue weighted by atomic mass is 35.5. The zero-order chi connectivity index (χ0) is 13.9. The van der Waals surface area contributed by atoms with E-state index in [1.54, 1.807) is 35.8 Å². The van der Waals surface area contributed by atoms with E-state index in [1.807, 2.05) is 17.5 Å². The Hall–Kier alpha value is -1.49. The number of oxazole rings is 1. The number of halogens is 2. The molecule has 0 unspecified atom stereocenters. The molecule has 0 saturated carbocycles. The van der Waals surface area contributed by atoms with Gasteiger partial charge in [0.25, 0.3) is 0 Å². The molecule has 0 fully saturated rings. The summed E-state index contributed by atoms with van der Waals surface area (Å²) < 4.78 is 5.45. The first-order valence-corrected chi connectivity index (χ1v) is 7.53. The molecule has 0 amide bonds. The summed E-state index contributed by atoms with van der Waals surface area (Å²) in [7, 11) is 0. The number of hydrogen-bond acceptors (Lipinski definition) is 4. The Morgan fingerprint density at radius 1 is 1.25 bits per heavy atom. The van der Waals surface area contributed by atoms with Crippen LogP contribution in [0.25, 0.3) is 10.8 Å². The van der Waals surface area contributed by atoms with Crippen molar-refractivity contribution in [3.05, 3.63) is 57.7 Å². The summed E-state index contributed by atoms with van der Waals surface area (Å²) >= 11 is 13.6. The first-order valence-electron chi connectivity index (χ1n) is 5.89. The normalized spacial score (nSPS) is 10.7. The third kappa shape index (κ3) is 2.98. The number of benzene rings is 1. The van der Waals surface area contributed by atoms with Crippen molar-refractivity contribution in [1.82, 2.24) is 4.98 Å². The molecule has 1 N–H and O–H groups in total. The molecular formula is C14H10Cl2N2OS. The fourth-order valence-electron chi connectivity index (χ4n) is 1.72. The lowest BCUT2D eigenvalue weighted by atomic mass is 10.3. The first kappa shape index (κ1) is 13.5. The van der Waals surface area contributed by atoms with E-state index in [1.165, 1.54) is 0 Å². The van der Waals surface area contributed by atoms with E-state index in [2.05, 4.69) is 10.3 Å². The van der Waals surface area contributed by atoms with Crippen LogP contribution in [0.2, 0.25) is 10.0 Å². The zero-order valence-electron chi connectivity index (χ0n) is 10.3. The Bertz CT molecular complexity index is 710. The van der Waals surface area contributed by atoms with Gasteiger partial charge in [-0.2, -0.15) is 0 Å². The van der Waals surface area contributed by atoms with Gasteiger partial charge in [-0.1, -0.05) is 29.3 Å². The van der Waals surface area contributed by atoms with Gasteiger partial charge in [-0.15, -0.1) is 11.3 Å². The SMILES string of the molecule is Clc1ccc(Cl)c(NCc2coc(-c3cccs3)n2)c1.